The lowest BCUT2D eigenvalue weighted by Crippen LogP contribution is -2.15. The molecule has 5 heteroatoms. The van der Waals surface area contributed by atoms with Gasteiger partial charge >= 0.3 is 0 Å². The van der Waals surface area contributed by atoms with Crippen LogP contribution < -0.4 is 15.2 Å². The fourth-order valence-corrected chi connectivity index (χ4v) is 1.56. The molecular formula is C12H16FNO3. The van der Waals surface area contributed by atoms with Crippen LogP contribution in [0.1, 0.15) is 29.0 Å². The minimum Gasteiger partial charge on any atom is -0.496 e. The van der Waals surface area contributed by atoms with Crippen LogP contribution in [0.2, 0.25) is 0 Å². The minimum absolute atomic E-state index is 0.150. The van der Waals surface area contributed by atoms with Gasteiger partial charge in [-0.3, -0.25) is 4.79 Å². The summed E-state index contributed by atoms with van der Waals surface area (Å²) in [6, 6.07) is 2.92. The second kappa shape index (κ2) is 5.63. The highest BCUT2D eigenvalue weighted by Gasteiger charge is 2.18. The molecule has 94 valence electrons. The third-order valence-electron chi connectivity index (χ3n) is 2.47. The number of benzene rings is 1. The molecule has 1 aromatic rings. The molecule has 0 radical (unpaired) electrons. The lowest BCUT2D eigenvalue weighted by molar-refractivity contribution is 0.0998. The van der Waals surface area contributed by atoms with Crippen molar-refractivity contribution < 1.29 is 18.7 Å². The number of ketones is 1. The Morgan fingerprint density at radius 1 is 1.35 bits per heavy atom. The highest BCUT2D eigenvalue weighted by atomic mass is 19.1. The Morgan fingerprint density at radius 2 is 1.94 bits per heavy atom. The average molecular weight is 241 g/mol. The van der Waals surface area contributed by atoms with Gasteiger partial charge in [0, 0.05) is 11.6 Å². The van der Waals surface area contributed by atoms with Gasteiger partial charge in [0.05, 0.1) is 26.3 Å². The van der Waals surface area contributed by atoms with E-state index in [0.717, 1.165) is 0 Å². The van der Waals surface area contributed by atoms with E-state index in [0.29, 0.717) is 17.1 Å². The second-order valence-corrected chi connectivity index (χ2v) is 3.54. The van der Waals surface area contributed by atoms with Gasteiger partial charge < -0.3 is 15.2 Å². The van der Waals surface area contributed by atoms with Crippen molar-refractivity contribution in [2.45, 2.75) is 13.1 Å². The van der Waals surface area contributed by atoms with Crippen LogP contribution in [-0.2, 0) is 0 Å². The molecule has 1 unspecified atom stereocenters. The van der Waals surface area contributed by atoms with E-state index >= 15 is 0 Å². The molecule has 17 heavy (non-hydrogen) atoms. The maximum absolute atomic E-state index is 13.4. The highest BCUT2D eigenvalue weighted by molar-refractivity contribution is 6.00. The lowest BCUT2D eigenvalue weighted by atomic mass is 10.0. The van der Waals surface area contributed by atoms with Crippen molar-refractivity contribution in [1.29, 1.82) is 0 Å². The first-order chi connectivity index (χ1) is 8.04. The van der Waals surface area contributed by atoms with E-state index in [-0.39, 0.29) is 17.9 Å². The Morgan fingerprint density at radius 3 is 2.35 bits per heavy atom. The van der Waals surface area contributed by atoms with E-state index in [1.54, 1.807) is 0 Å². The van der Waals surface area contributed by atoms with Gasteiger partial charge in [-0.25, -0.2) is 4.39 Å². The van der Waals surface area contributed by atoms with E-state index in [4.69, 9.17) is 15.2 Å². The Balaban J connectivity index is 3.39. The fourth-order valence-electron chi connectivity index (χ4n) is 1.56. The molecule has 0 spiro atoms. The molecule has 1 atom stereocenters. The van der Waals surface area contributed by atoms with Crippen LogP contribution in [0.4, 0.5) is 4.39 Å². The summed E-state index contributed by atoms with van der Waals surface area (Å²) in [5.74, 6) is 0.388. The van der Waals surface area contributed by atoms with Gasteiger partial charge in [-0.15, -0.1) is 0 Å². The van der Waals surface area contributed by atoms with Crippen molar-refractivity contribution in [3.63, 3.8) is 0 Å². The number of alkyl halides is 1. The molecule has 2 N–H and O–H groups in total. The Kier molecular flexibility index (Phi) is 4.45. The molecule has 0 aliphatic carbocycles. The van der Waals surface area contributed by atoms with Crippen LogP contribution in [0.15, 0.2) is 12.1 Å². The van der Waals surface area contributed by atoms with Gasteiger partial charge in [0.2, 0.25) is 0 Å². The normalized spacial score (nSPS) is 12.1. The summed E-state index contributed by atoms with van der Waals surface area (Å²) >= 11 is 0. The quantitative estimate of drug-likeness (QED) is 0.799. The highest BCUT2D eigenvalue weighted by Crippen LogP contribution is 2.34. The molecule has 0 aliphatic heterocycles. The van der Waals surface area contributed by atoms with E-state index in [9.17, 15) is 9.18 Å². The van der Waals surface area contributed by atoms with E-state index in [2.05, 4.69) is 0 Å². The topological polar surface area (TPSA) is 61.5 Å². The summed E-state index contributed by atoms with van der Waals surface area (Å²) in [7, 11) is 2.87. The summed E-state index contributed by atoms with van der Waals surface area (Å²) < 4.78 is 23.5. The Labute approximate surface area is 99.5 Å². The number of carbonyl (C=O) groups is 1. The second-order valence-electron chi connectivity index (χ2n) is 3.54. The van der Waals surface area contributed by atoms with Crippen LogP contribution in [0.3, 0.4) is 0 Å². The molecule has 0 heterocycles. The van der Waals surface area contributed by atoms with Gasteiger partial charge in [-0.2, -0.15) is 0 Å². The molecule has 0 saturated carbocycles. The first-order valence-corrected chi connectivity index (χ1v) is 5.18. The van der Waals surface area contributed by atoms with Gasteiger partial charge in [-0.1, -0.05) is 0 Å². The molecule has 1 rings (SSSR count). The average Bonchev–Trinajstić information content (AvgIpc) is 2.35. The summed E-state index contributed by atoms with van der Waals surface area (Å²) in [5.41, 5.74) is 5.88. The minimum atomic E-state index is -1.24. The summed E-state index contributed by atoms with van der Waals surface area (Å²) in [6.45, 7) is 1.23. The van der Waals surface area contributed by atoms with Gasteiger partial charge in [0.1, 0.15) is 17.7 Å². The molecular weight excluding hydrogens is 225 g/mol. The third kappa shape index (κ3) is 2.74. The largest absolute Gasteiger partial charge is 0.496 e. The van der Waals surface area contributed by atoms with E-state index in [1.165, 1.54) is 33.3 Å². The monoisotopic (exact) mass is 241 g/mol. The molecule has 0 amide bonds. The molecule has 0 fully saturated rings. The number of hydrogen-bond acceptors (Lipinski definition) is 4. The zero-order chi connectivity index (χ0) is 13.0. The summed E-state index contributed by atoms with van der Waals surface area (Å²) in [6.07, 6.45) is -1.24. The van der Waals surface area contributed by atoms with Crippen molar-refractivity contribution in [2.75, 3.05) is 20.8 Å². The predicted molar refractivity (Wildman–Crippen MR) is 62.5 cm³/mol. The number of nitrogens with two attached hydrogens (primary N) is 1. The van der Waals surface area contributed by atoms with Crippen molar-refractivity contribution >= 4 is 5.78 Å². The molecule has 0 saturated heterocycles. The number of Topliss-reactive ketones (excluding diaryl/α,β-unsaturated/α-hetero) is 1. The van der Waals surface area contributed by atoms with Crippen molar-refractivity contribution in [1.82, 2.24) is 0 Å². The maximum atomic E-state index is 13.4. The number of ether oxygens (including phenoxy) is 2. The molecule has 4 nitrogen and oxygen atoms in total. The van der Waals surface area contributed by atoms with Crippen molar-refractivity contribution in [3.05, 3.63) is 23.3 Å². The van der Waals surface area contributed by atoms with E-state index < -0.39 is 6.17 Å². The number of carbonyl (C=O) groups excluding carboxylic acids is 1. The van der Waals surface area contributed by atoms with Crippen LogP contribution in [0.5, 0.6) is 11.5 Å². The first-order valence-electron chi connectivity index (χ1n) is 5.18. The SMILES string of the molecule is COc1cc(OC)c(C(C)F)cc1C(=O)CN. The lowest BCUT2D eigenvalue weighted by Gasteiger charge is -2.14. The molecule has 0 bridgehead atoms. The molecule has 0 aliphatic rings. The van der Waals surface area contributed by atoms with E-state index in [1.807, 2.05) is 0 Å². The Hall–Kier alpha value is -1.62. The zero-order valence-electron chi connectivity index (χ0n) is 10.1. The van der Waals surface area contributed by atoms with Crippen molar-refractivity contribution in [2.24, 2.45) is 5.73 Å². The molecule has 1 aromatic carbocycles. The third-order valence-corrected chi connectivity index (χ3v) is 2.47. The standard InChI is InChI=1S/C12H16FNO3/c1-7(13)8-4-9(10(15)6-14)12(17-3)5-11(8)16-2/h4-5,7H,6,14H2,1-3H3. The van der Waals surface area contributed by atoms with Crippen LogP contribution >= 0.6 is 0 Å². The van der Waals surface area contributed by atoms with Gasteiger partial charge in [0.15, 0.2) is 5.78 Å². The first kappa shape index (κ1) is 13.4. The van der Waals surface area contributed by atoms with Crippen LogP contribution in [0, 0.1) is 0 Å². The Bertz CT molecular complexity index is 418. The number of methoxy groups -OCH3 is 2. The summed E-state index contributed by atoms with van der Waals surface area (Å²) in [5, 5.41) is 0. The zero-order valence-corrected chi connectivity index (χ0v) is 10.1. The van der Waals surface area contributed by atoms with Crippen molar-refractivity contribution in [3.8, 4) is 11.5 Å². The predicted octanol–water partition coefficient (Wildman–Crippen LogP) is 1.88. The molecule has 0 aromatic heterocycles. The van der Waals surface area contributed by atoms with Crippen LogP contribution in [-0.4, -0.2) is 26.5 Å². The van der Waals surface area contributed by atoms with Gasteiger partial charge in [-0.05, 0) is 13.0 Å². The summed E-state index contributed by atoms with van der Waals surface area (Å²) in [4.78, 5) is 11.6. The fraction of sp³-hybridized carbons (Fsp3) is 0.417. The van der Waals surface area contributed by atoms with Gasteiger partial charge in [0.25, 0.3) is 0 Å². The number of halogens is 1. The van der Waals surface area contributed by atoms with Crippen LogP contribution in [0.25, 0.3) is 0 Å². The number of rotatable bonds is 5. The maximum Gasteiger partial charge on any atom is 0.180 e. The number of hydrogen-bond donors (Lipinski definition) is 1. The smallest absolute Gasteiger partial charge is 0.180 e.